The van der Waals surface area contributed by atoms with Gasteiger partial charge in [0, 0.05) is 5.69 Å². The van der Waals surface area contributed by atoms with Gasteiger partial charge in [0.25, 0.3) is 0 Å². The highest BCUT2D eigenvalue weighted by Gasteiger charge is 2.27. The summed E-state index contributed by atoms with van der Waals surface area (Å²) in [5, 5.41) is 2.47. The molecule has 0 bridgehead atoms. The second-order valence-corrected chi connectivity index (χ2v) is 8.05. The number of rotatable bonds is 8. The van der Waals surface area contributed by atoms with E-state index in [4.69, 9.17) is 0 Å². The second kappa shape index (κ2) is 9.11. The van der Waals surface area contributed by atoms with Gasteiger partial charge in [0.15, 0.2) is 0 Å². The lowest BCUT2D eigenvalue weighted by Crippen LogP contribution is -2.44. The van der Waals surface area contributed by atoms with Crippen LogP contribution in [-0.4, -0.2) is 32.4 Å². The molecule has 0 saturated carbocycles. The van der Waals surface area contributed by atoms with Crippen molar-refractivity contribution in [3.05, 3.63) is 60.2 Å². The van der Waals surface area contributed by atoms with Crippen molar-refractivity contribution in [2.45, 2.75) is 17.4 Å². The Morgan fingerprint density at radius 3 is 2.54 bits per heavy atom. The zero-order chi connectivity index (χ0) is 19.2. The van der Waals surface area contributed by atoms with Gasteiger partial charge in [-0.2, -0.15) is 16.5 Å². The van der Waals surface area contributed by atoms with Gasteiger partial charge in [-0.05, 0) is 48.8 Å². The van der Waals surface area contributed by atoms with E-state index in [0.29, 0.717) is 5.75 Å². The lowest BCUT2D eigenvalue weighted by atomic mass is 10.2. The van der Waals surface area contributed by atoms with E-state index in [2.05, 4.69) is 10.0 Å². The van der Waals surface area contributed by atoms with Gasteiger partial charge in [0.1, 0.15) is 22.6 Å². The summed E-state index contributed by atoms with van der Waals surface area (Å²) in [5.74, 6) is -1.59. The molecule has 0 aliphatic rings. The number of hydrogen-bond donors (Lipinski definition) is 2. The van der Waals surface area contributed by atoms with Crippen LogP contribution in [0.3, 0.4) is 0 Å². The van der Waals surface area contributed by atoms with Crippen molar-refractivity contribution < 1.29 is 22.0 Å². The number of amides is 1. The van der Waals surface area contributed by atoms with E-state index < -0.39 is 38.5 Å². The number of sulfonamides is 1. The Labute approximate surface area is 155 Å². The molecule has 5 nitrogen and oxygen atoms in total. The third kappa shape index (κ3) is 5.52. The maximum atomic E-state index is 13.8. The molecule has 0 spiro atoms. The van der Waals surface area contributed by atoms with Crippen LogP contribution in [0.15, 0.2) is 53.4 Å². The first kappa shape index (κ1) is 20.3. The van der Waals surface area contributed by atoms with Crippen molar-refractivity contribution in [3.63, 3.8) is 0 Å². The van der Waals surface area contributed by atoms with E-state index in [1.54, 1.807) is 0 Å². The molecule has 0 heterocycles. The van der Waals surface area contributed by atoms with Gasteiger partial charge in [-0.15, -0.1) is 0 Å². The van der Waals surface area contributed by atoms with Crippen LogP contribution in [-0.2, 0) is 14.8 Å². The zero-order valence-corrected chi connectivity index (χ0v) is 15.5. The van der Waals surface area contributed by atoms with Crippen molar-refractivity contribution >= 4 is 33.4 Å². The minimum Gasteiger partial charge on any atom is -0.325 e. The molecule has 2 N–H and O–H groups in total. The molecule has 0 aliphatic carbocycles. The Morgan fingerprint density at radius 1 is 1.15 bits per heavy atom. The van der Waals surface area contributed by atoms with E-state index in [-0.39, 0.29) is 12.1 Å². The van der Waals surface area contributed by atoms with Crippen molar-refractivity contribution in [3.8, 4) is 0 Å². The molecule has 2 aromatic carbocycles. The molecule has 2 aromatic rings. The Balaban J connectivity index is 2.21. The summed E-state index contributed by atoms with van der Waals surface area (Å²) in [6.07, 6.45) is 2.00. The zero-order valence-electron chi connectivity index (χ0n) is 13.9. The van der Waals surface area contributed by atoms with E-state index in [0.717, 1.165) is 18.2 Å². The first-order chi connectivity index (χ1) is 12.3. The van der Waals surface area contributed by atoms with Crippen molar-refractivity contribution in [1.82, 2.24) is 4.72 Å². The number of nitrogens with one attached hydrogen (secondary N) is 2. The highest BCUT2D eigenvalue weighted by atomic mass is 32.2. The molecule has 0 radical (unpaired) electrons. The normalized spacial score (nSPS) is 12.6. The highest BCUT2D eigenvalue weighted by Crippen LogP contribution is 2.16. The van der Waals surface area contributed by atoms with Crippen LogP contribution < -0.4 is 10.0 Å². The fraction of sp³-hybridized carbons (Fsp3) is 0.235. The Kier molecular flexibility index (Phi) is 7.13. The molecule has 0 aromatic heterocycles. The number of carbonyl (C=O) groups excluding carboxylic acids is 1. The summed E-state index contributed by atoms with van der Waals surface area (Å²) in [5.41, 5.74) is 0.203. The molecule has 1 atom stereocenters. The van der Waals surface area contributed by atoms with Crippen LogP contribution in [0.25, 0.3) is 0 Å². The Hall–Kier alpha value is -1.97. The Bertz CT molecular complexity index is 876. The van der Waals surface area contributed by atoms with Gasteiger partial charge in [-0.3, -0.25) is 4.79 Å². The summed E-state index contributed by atoms with van der Waals surface area (Å²) >= 11 is 1.43. The average Bonchev–Trinajstić information content (AvgIpc) is 2.58. The maximum Gasteiger partial charge on any atom is 0.244 e. The van der Waals surface area contributed by atoms with Crippen LogP contribution in [0.5, 0.6) is 0 Å². The number of benzene rings is 2. The Morgan fingerprint density at radius 2 is 1.88 bits per heavy atom. The number of thioether (sulfide) groups is 1. The molecular formula is C17H18F2N2O3S2. The fourth-order valence-electron chi connectivity index (χ4n) is 2.19. The fourth-order valence-corrected chi connectivity index (χ4v) is 3.97. The maximum absolute atomic E-state index is 13.8. The van der Waals surface area contributed by atoms with Crippen molar-refractivity contribution in [2.24, 2.45) is 0 Å². The van der Waals surface area contributed by atoms with Crippen molar-refractivity contribution in [1.29, 1.82) is 0 Å². The molecule has 9 heteroatoms. The van der Waals surface area contributed by atoms with Gasteiger partial charge in [0.05, 0.1) is 0 Å². The third-order valence-corrected chi connectivity index (χ3v) is 5.59. The summed E-state index contributed by atoms with van der Waals surface area (Å²) in [4.78, 5) is 11.9. The smallest absolute Gasteiger partial charge is 0.244 e. The van der Waals surface area contributed by atoms with Crippen LogP contribution in [0, 0.1) is 11.6 Å². The topological polar surface area (TPSA) is 75.3 Å². The predicted molar refractivity (Wildman–Crippen MR) is 98.5 cm³/mol. The molecule has 0 saturated heterocycles. The summed E-state index contributed by atoms with van der Waals surface area (Å²) in [6.45, 7) is 0. The van der Waals surface area contributed by atoms with Gasteiger partial charge >= 0.3 is 0 Å². The molecule has 140 valence electrons. The van der Waals surface area contributed by atoms with Gasteiger partial charge in [-0.1, -0.05) is 18.2 Å². The number of halogens is 2. The largest absolute Gasteiger partial charge is 0.325 e. The van der Waals surface area contributed by atoms with Crippen LogP contribution in [0.4, 0.5) is 14.5 Å². The highest BCUT2D eigenvalue weighted by molar-refractivity contribution is 7.98. The quantitative estimate of drug-likeness (QED) is 0.714. The molecule has 26 heavy (non-hydrogen) atoms. The molecular weight excluding hydrogens is 382 g/mol. The third-order valence-electron chi connectivity index (χ3n) is 3.44. The molecule has 0 aliphatic heterocycles. The molecule has 0 fully saturated rings. The van der Waals surface area contributed by atoms with E-state index >= 15 is 0 Å². The van der Waals surface area contributed by atoms with Gasteiger partial charge in [0.2, 0.25) is 15.9 Å². The standard InChI is InChI=1S/C17H18F2N2O3S2/c1-25-10-9-15(17(22)20-13-6-4-5-12(18)11-13)21-26(23,24)16-8-3-2-7-14(16)19/h2-8,11,15,21H,9-10H2,1H3,(H,20,22). The van der Waals surface area contributed by atoms with E-state index in [9.17, 15) is 22.0 Å². The SMILES string of the molecule is CSCCC(NS(=O)(=O)c1ccccc1F)C(=O)Nc1cccc(F)c1. The molecule has 1 amide bonds. The first-order valence-corrected chi connectivity index (χ1v) is 10.5. The van der Waals surface area contributed by atoms with Crippen LogP contribution in [0.2, 0.25) is 0 Å². The number of hydrogen-bond acceptors (Lipinski definition) is 4. The average molecular weight is 400 g/mol. The lowest BCUT2D eigenvalue weighted by molar-refractivity contribution is -0.117. The molecule has 1 unspecified atom stereocenters. The van der Waals surface area contributed by atoms with Crippen molar-refractivity contribution in [2.75, 3.05) is 17.3 Å². The van der Waals surface area contributed by atoms with Crippen LogP contribution >= 0.6 is 11.8 Å². The lowest BCUT2D eigenvalue weighted by Gasteiger charge is -2.18. The summed E-state index contributed by atoms with van der Waals surface area (Å²) in [6, 6.07) is 9.03. The van der Waals surface area contributed by atoms with Gasteiger partial charge < -0.3 is 5.32 Å². The number of carbonyl (C=O) groups is 1. The predicted octanol–water partition coefficient (Wildman–Crippen LogP) is 3.00. The summed E-state index contributed by atoms with van der Waals surface area (Å²) in [7, 11) is -4.24. The summed E-state index contributed by atoms with van der Waals surface area (Å²) < 4.78 is 54.2. The minimum atomic E-state index is -4.24. The van der Waals surface area contributed by atoms with E-state index in [1.165, 1.54) is 42.1 Å². The van der Waals surface area contributed by atoms with Crippen LogP contribution in [0.1, 0.15) is 6.42 Å². The number of anilines is 1. The second-order valence-electron chi connectivity index (χ2n) is 5.39. The van der Waals surface area contributed by atoms with Gasteiger partial charge in [-0.25, -0.2) is 17.2 Å². The first-order valence-electron chi connectivity index (χ1n) is 7.65. The molecule has 2 rings (SSSR count). The minimum absolute atomic E-state index is 0.190. The monoisotopic (exact) mass is 400 g/mol. The van der Waals surface area contributed by atoms with E-state index in [1.807, 2.05) is 6.26 Å².